The first-order valence-corrected chi connectivity index (χ1v) is 10.0. The minimum atomic E-state index is -1.16. The van der Waals surface area contributed by atoms with Crippen LogP contribution in [0.5, 0.6) is 0 Å². The van der Waals surface area contributed by atoms with Gasteiger partial charge in [-0.2, -0.15) is 4.98 Å². The van der Waals surface area contributed by atoms with Crippen molar-refractivity contribution in [2.24, 2.45) is 0 Å². The minimum Gasteiger partial charge on any atom is -0.334 e. The molecule has 3 heterocycles. The smallest absolute Gasteiger partial charge is 0.322 e. The molecule has 1 saturated heterocycles. The number of benzene rings is 2. The Balaban J connectivity index is 1.46. The number of aromatic nitrogens is 3. The van der Waals surface area contributed by atoms with Gasteiger partial charge in [0.2, 0.25) is 5.82 Å². The van der Waals surface area contributed by atoms with Crippen molar-refractivity contribution >= 4 is 11.9 Å². The van der Waals surface area contributed by atoms with Gasteiger partial charge in [-0.05, 0) is 37.1 Å². The molecule has 3 amide bonds. The third-order valence-corrected chi connectivity index (χ3v) is 5.54. The van der Waals surface area contributed by atoms with E-state index in [4.69, 9.17) is 4.52 Å². The highest BCUT2D eigenvalue weighted by molar-refractivity contribution is 6.07. The van der Waals surface area contributed by atoms with Gasteiger partial charge in [0, 0.05) is 23.5 Å². The van der Waals surface area contributed by atoms with Crippen molar-refractivity contribution in [3.63, 3.8) is 0 Å². The number of rotatable bonds is 4. The summed E-state index contributed by atoms with van der Waals surface area (Å²) in [7, 11) is 0. The number of hydrogen-bond acceptors (Lipinski definition) is 6. The molecule has 1 fully saturated rings. The average molecular weight is 425 g/mol. The molecule has 0 spiro atoms. The van der Waals surface area contributed by atoms with Crippen LogP contribution in [0.4, 0.5) is 4.79 Å². The van der Waals surface area contributed by atoms with E-state index in [0.717, 1.165) is 11.1 Å². The third kappa shape index (κ3) is 3.41. The Hall–Kier alpha value is -4.33. The Morgan fingerprint density at radius 2 is 1.69 bits per heavy atom. The predicted molar refractivity (Wildman–Crippen MR) is 117 cm³/mol. The first-order chi connectivity index (χ1) is 15.4. The van der Waals surface area contributed by atoms with E-state index in [-0.39, 0.29) is 0 Å². The molecule has 1 unspecified atom stereocenters. The zero-order valence-electron chi connectivity index (χ0n) is 17.4. The highest BCUT2D eigenvalue weighted by Gasteiger charge is 2.43. The van der Waals surface area contributed by atoms with Gasteiger partial charge in [-0.15, -0.1) is 0 Å². The molecule has 2 N–H and O–H groups in total. The van der Waals surface area contributed by atoms with E-state index in [1.807, 2.05) is 43.3 Å². The lowest BCUT2D eigenvalue weighted by molar-refractivity contribution is -0.123. The summed E-state index contributed by atoms with van der Waals surface area (Å²) in [5.41, 5.74) is 4.00. The van der Waals surface area contributed by atoms with Crippen LogP contribution >= 0.6 is 0 Å². The van der Waals surface area contributed by atoms with Gasteiger partial charge in [0.25, 0.3) is 11.8 Å². The van der Waals surface area contributed by atoms with Crippen LogP contribution in [0.1, 0.15) is 18.1 Å². The summed E-state index contributed by atoms with van der Waals surface area (Å²) < 4.78 is 5.49. The molecule has 0 aliphatic carbocycles. The fourth-order valence-corrected chi connectivity index (χ4v) is 3.63. The number of urea groups is 1. The molecule has 1 aliphatic rings. The van der Waals surface area contributed by atoms with Crippen molar-refractivity contribution in [2.75, 3.05) is 0 Å². The Bertz CT molecular complexity index is 1350. The van der Waals surface area contributed by atoms with Crippen LogP contribution in [0.25, 0.3) is 34.0 Å². The fraction of sp³-hybridized carbons (Fsp3) is 0.125. The average Bonchev–Trinajstić information content (AvgIpc) is 3.39. The maximum atomic E-state index is 12.3. The normalized spacial score (nSPS) is 17.8. The van der Waals surface area contributed by atoms with E-state index in [9.17, 15) is 9.59 Å². The summed E-state index contributed by atoms with van der Waals surface area (Å²) in [4.78, 5) is 32.7. The molecular weight excluding hydrogens is 406 g/mol. The van der Waals surface area contributed by atoms with Crippen molar-refractivity contribution in [3.05, 3.63) is 78.1 Å². The summed E-state index contributed by atoms with van der Waals surface area (Å²) in [6, 6.07) is 16.7. The quantitative estimate of drug-likeness (QED) is 0.481. The Kier molecular flexibility index (Phi) is 4.55. The molecule has 1 atom stereocenters. The topological polar surface area (TPSA) is 110 Å². The number of aryl methyl sites for hydroxylation is 1. The van der Waals surface area contributed by atoms with Crippen LogP contribution in [-0.2, 0) is 10.3 Å². The van der Waals surface area contributed by atoms with E-state index in [1.165, 1.54) is 5.56 Å². The first kappa shape index (κ1) is 19.6. The van der Waals surface area contributed by atoms with E-state index in [1.54, 1.807) is 37.5 Å². The van der Waals surface area contributed by atoms with Crippen LogP contribution < -0.4 is 10.6 Å². The summed E-state index contributed by atoms with van der Waals surface area (Å²) in [6.45, 7) is 3.69. The molecule has 158 valence electrons. The van der Waals surface area contributed by atoms with Crippen LogP contribution in [0.15, 0.2) is 71.5 Å². The van der Waals surface area contributed by atoms with Gasteiger partial charge in [-0.25, -0.2) is 4.79 Å². The van der Waals surface area contributed by atoms with Gasteiger partial charge in [-0.1, -0.05) is 53.2 Å². The molecule has 2 aromatic heterocycles. The second-order valence-corrected chi connectivity index (χ2v) is 7.87. The highest BCUT2D eigenvalue weighted by Crippen LogP contribution is 2.30. The second kappa shape index (κ2) is 7.42. The van der Waals surface area contributed by atoms with Crippen LogP contribution in [0, 0.1) is 6.92 Å². The number of carbonyl (C=O) groups excluding carboxylic acids is 2. The molecule has 8 nitrogen and oxygen atoms in total. The number of amides is 3. The standard InChI is InChI=1S/C24H19N5O3/c1-14-6-8-15(9-7-14)17-10-18(13-25-12-17)21-26-20(29-32-21)16-4-3-5-19(11-16)24(2)22(30)27-23(31)28-24/h3-13H,1-2H3,(H2,27,28,30,31). The maximum Gasteiger partial charge on any atom is 0.322 e. The predicted octanol–water partition coefficient (Wildman–Crippen LogP) is 3.83. The minimum absolute atomic E-state index is 0.338. The largest absolute Gasteiger partial charge is 0.334 e. The lowest BCUT2D eigenvalue weighted by atomic mass is 9.91. The molecule has 5 rings (SSSR count). The third-order valence-electron chi connectivity index (χ3n) is 5.54. The molecule has 0 saturated carbocycles. The van der Waals surface area contributed by atoms with Gasteiger partial charge in [0.05, 0.1) is 5.56 Å². The summed E-state index contributed by atoms with van der Waals surface area (Å²) in [5, 5.41) is 9.03. The van der Waals surface area contributed by atoms with Crippen LogP contribution in [0.2, 0.25) is 0 Å². The molecule has 1 aliphatic heterocycles. The molecule has 8 heteroatoms. The second-order valence-electron chi connectivity index (χ2n) is 7.87. The number of hydrogen-bond donors (Lipinski definition) is 2. The van der Waals surface area contributed by atoms with Crippen LogP contribution in [-0.4, -0.2) is 27.1 Å². The van der Waals surface area contributed by atoms with Gasteiger partial charge < -0.3 is 9.84 Å². The molecule has 4 aromatic rings. The van der Waals surface area contributed by atoms with E-state index < -0.39 is 17.5 Å². The Morgan fingerprint density at radius 1 is 0.906 bits per heavy atom. The zero-order chi connectivity index (χ0) is 22.3. The lowest BCUT2D eigenvalue weighted by Crippen LogP contribution is -2.40. The van der Waals surface area contributed by atoms with Crippen molar-refractivity contribution in [1.29, 1.82) is 0 Å². The van der Waals surface area contributed by atoms with Crippen molar-refractivity contribution in [3.8, 4) is 34.0 Å². The van der Waals surface area contributed by atoms with E-state index >= 15 is 0 Å². The lowest BCUT2D eigenvalue weighted by Gasteiger charge is -2.21. The Morgan fingerprint density at radius 3 is 2.44 bits per heavy atom. The Labute approximate surface area is 183 Å². The maximum absolute atomic E-state index is 12.3. The molecule has 32 heavy (non-hydrogen) atoms. The van der Waals surface area contributed by atoms with E-state index in [2.05, 4.69) is 25.8 Å². The number of nitrogens with one attached hydrogen (secondary N) is 2. The molecular formula is C24H19N5O3. The summed E-state index contributed by atoms with van der Waals surface area (Å²) in [6.07, 6.45) is 3.46. The van der Waals surface area contributed by atoms with Gasteiger partial charge in [0.1, 0.15) is 5.54 Å². The monoisotopic (exact) mass is 425 g/mol. The number of pyridine rings is 1. The van der Waals surface area contributed by atoms with Gasteiger partial charge in [0.15, 0.2) is 0 Å². The van der Waals surface area contributed by atoms with Crippen LogP contribution in [0.3, 0.4) is 0 Å². The SMILES string of the molecule is Cc1ccc(-c2cncc(-c3nc(-c4cccc(C5(C)NC(=O)NC5=O)c4)no3)c2)cc1. The number of nitrogens with zero attached hydrogens (tertiary/aromatic N) is 3. The van der Waals surface area contributed by atoms with Crippen molar-refractivity contribution in [2.45, 2.75) is 19.4 Å². The fourth-order valence-electron chi connectivity index (χ4n) is 3.63. The molecule has 2 aromatic carbocycles. The number of carbonyl (C=O) groups is 2. The van der Waals surface area contributed by atoms with Gasteiger partial charge >= 0.3 is 6.03 Å². The van der Waals surface area contributed by atoms with Crippen molar-refractivity contribution in [1.82, 2.24) is 25.8 Å². The molecule has 0 bridgehead atoms. The highest BCUT2D eigenvalue weighted by atomic mass is 16.5. The summed E-state index contributed by atoms with van der Waals surface area (Å²) >= 11 is 0. The van der Waals surface area contributed by atoms with Gasteiger partial charge in [-0.3, -0.25) is 15.1 Å². The van der Waals surface area contributed by atoms with E-state index in [0.29, 0.717) is 28.4 Å². The number of imide groups is 1. The zero-order valence-corrected chi connectivity index (χ0v) is 17.4. The molecule has 0 radical (unpaired) electrons. The first-order valence-electron chi connectivity index (χ1n) is 10.0. The summed E-state index contributed by atoms with van der Waals surface area (Å²) in [5.74, 6) is 0.299. The van der Waals surface area contributed by atoms with Crippen molar-refractivity contribution < 1.29 is 14.1 Å².